The van der Waals surface area contributed by atoms with Crippen LogP contribution in [0.15, 0.2) is 61.6 Å². The number of thiophene rings is 2. The van der Waals surface area contributed by atoms with Crippen LogP contribution in [0.2, 0.25) is 0 Å². The number of nitrogens with one attached hydrogen (secondary N) is 2. The molecule has 0 spiro atoms. The summed E-state index contributed by atoms with van der Waals surface area (Å²) < 4.78 is 66.6. The molecule has 204 valence electrons. The van der Waals surface area contributed by atoms with E-state index in [0.29, 0.717) is 13.1 Å². The van der Waals surface area contributed by atoms with E-state index in [0.717, 1.165) is 22.7 Å². The van der Waals surface area contributed by atoms with Crippen LogP contribution in [0.4, 0.5) is 11.4 Å². The molecule has 0 saturated carbocycles. The highest BCUT2D eigenvalue weighted by atomic mass is 32.3. The molecular formula is C23H25N3O8S4. The minimum absolute atomic E-state index is 0.0331. The summed E-state index contributed by atoms with van der Waals surface area (Å²) in [5.41, 5.74) is -0.297. The van der Waals surface area contributed by atoms with E-state index >= 15 is 0 Å². The van der Waals surface area contributed by atoms with Crippen LogP contribution in [0.1, 0.15) is 24.2 Å². The van der Waals surface area contributed by atoms with Crippen molar-refractivity contribution in [1.82, 2.24) is 4.90 Å². The molecule has 2 N–H and O–H groups in total. The fourth-order valence-electron chi connectivity index (χ4n) is 3.79. The molecule has 3 aromatic rings. The first kappa shape index (κ1) is 28.0. The Kier molecular flexibility index (Phi) is 8.42. The average molecular weight is 600 g/mol. The van der Waals surface area contributed by atoms with E-state index in [1.54, 1.807) is 22.9 Å². The van der Waals surface area contributed by atoms with E-state index in [2.05, 4.69) is 9.44 Å². The molecule has 1 saturated heterocycles. The molecule has 38 heavy (non-hydrogen) atoms. The fourth-order valence-corrected chi connectivity index (χ4v) is 7.86. The summed E-state index contributed by atoms with van der Waals surface area (Å²) in [4.78, 5) is 27.0. The molecule has 4 rings (SSSR count). The summed E-state index contributed by atoms with van der Waals surface area (Å²) in [7, 11) is -8.00. The number of sulfonamides is 2. The Hall–Kier alpha value is -2.98. The van der Waals surface area contributed by atoms with Gasteiger partial charge in [-0.25, -0.2) is 21.6 Å². The van der Waals surface area contributed by atoms with Crippen LogP contribution in [0.3, 0.4) is 0 Å². The van der Waals surface area contributed by atoms with E-state index in [1.807, 2.05) is 13.8 Å². The van der Waals surface area contributed by atoms with E-state index in [-0.39, 0.29) is 37.6 Å². The Morgan fingerprint density at radius 3 is 1.87 bits per heavy atom. The van der Waals surface area contributed by atoms with Crippen molar-refractivity contribution in [3.05, 3.63) is 58.8 Å². The summed E-state index contributed by atoms with van der Waals surface area (Å²) in [5, 5.41) is 3.19. The summed E-state index contributed by atoms with van der Waals surface area (Å²) >= 11 is 1.99. The van der Waals surface area contributed by atoms with Gasteiger partial charge in [-0.15, -0.1) is 22.7 Å². The Morgan fingerprint density at radius 1 is 0.921 bits per heavy atom. The second-order valence-electron chi connectivity index (χ2n) is 8.51. The zero-order chi connectivity index (χ0) is 27.5. The molecule has 1 aliphatic heterocycles. The van der Waals surface area contributed by atoms with Crippen molar-refractivity contribution in [2.45, 2.75) is 34.5 Å². The van der Waals surface area contributed by atoms with Crippen molar-refractivity contribution in [3.63, 3.8) is 0 Å². The zero-order valence-electron chi connectivity index (χ0n) is 20.3. The number of anilines is 2. The number of carbonyl (C=O) groups excluding carboxylic acids is 2. The van der Waals surface area contributed by atoms with Crippen molar-refractivity contribution in [1.29, 1.82) is 0 Å². The molecule has 1 amide bonds. The van der Waals surface area contributed by atoms with Crippen LogP contribution in [0.5, 0.6) is 0 Å². The lowest BCUT2D eigenvalue weighted by molar-refractivity contribution is -0.146. The number of rotatable bonds is 9. The van der Waals surface area contributed by atoms with Crippen LogP contribution in [0, 0.1) is 0 Å². The monoisotopic (exact) mass is 599 g/mol. The predicted molar refractivity (Wildman–Crippen MR) is 144 cm³/mol. The third-order valence-corrected chi connectivity index (χ3v) is 10.8. The summed E-state index contributed by atoms with van der Waals surface area (Å²) in [5.74, 6) is -1.34. The molecule has 0 radical (unpaired) electrons. The van der Waals surface area contributed by atoms with Crippen molar-refractivity contribution in [2.24, 2.45) is 0 Å². The number of hydrogen-bond donors (Lipinski definition) is 2. The van der Waals surface area contributed by atoms with E-state index in [4.69, 9.17) is 9.47 Å². The first-order chi connectivity index (χ1) is 17.9. The second kappa shape index (κ2) is 11.4. The maximum absolute atomic E-state index is 12.9. The number of carbonyl (C=O) groups is 2. The van der Waals surface area contributed by atoms with Gasteiger partial charge < -0.3 is 14.4 Å². The Bertz CT molecular complexity index is 1410. The minimum Gasteiger partial charge on any atom is -0.452 e. The normalized spacial score (nSPS) is 18.1. The number of morpholine rings is 1. The lowest BCUT2D eigenvalue weighted by Crippen LogP contribution is -2.49. The molecule has 1 fully saturated rings. The maximum Gasteiger partial charge on any atom is 0.338 e. The highest BCUT2D eigenvalue weighted by Crippen LogP contribution is 2.27. The van der Waals surface area contributed by atoms with Crippen LogP contribution < -0.4 is 9.44 Å². The second-order valence-corrected chi connectivity index (χ2v) is 14.2. The molecule has 0 aliphatic carbocycles. The lowest BCUT2D eigenvalue weighted by Gasteiger charge is -2.35. The largest absolute Gasteiger partial charge is 0.452 e. The molecule has 11 nitrogen and oxygen atoms in total. The van der Waals surface area contributed by atoms with Crippen molar-refractivity contribution in [3.8, 4) is 0 Å². The number of benzene rings is 1. The smallest absolute Gasteiger partial charge is 0.338 e. The summed E-state index contributed by atoms with van der Waals surface area (Å²) in [6.07, 6.45) is -0.323. The van der Waals surface area contributed by atoms with Gasteiger partial charge >= 0.3 is 5.97 Å². The first-order valence-electron chi connectivity index (χ1n) is 11.3. The standard InChI is InChI=1S/C23H25N3O8S4/c1-15-12-26(13-16(2)34-15)20(27)14-33-23(28)17-9-18(24-37(29,30)21-5-3-7-35-21)11-19(10-17)25-38(31,32)22-6-4-8-36-22/h3-11,15-16,24-25H,12-14H2,1-2H3. The molecule has 2 unspecified atom stereocenters. The lowest BCUT2D eigenvalue weighted by atomic mass is 10.2. The number of nitrogens with zero attached hydrogens (tertiary/aromatic N) is 1. The number of amides is 1. The van der Waals surface area contributed by atoms with Crippen LogP contribution in [0.25, 0.3) is 0 Å². The van der Waals surface area contributed by atoms with Crippen LogP contribution >= 0.6 is 22.7 Å². The van der Waals surface area contributed by atoms with Crippen LogP contribution in [-0.2, 0) is 34.3 Å². The minimum atomic E-state index is -4.00. The number of ether oxygens (including phenoxy) is 2. The van der Waals surface area contributed by atoms with E-state index in [9.17, 15) is 26.4 Å². The topological polar surface area (TPSA) is 148 Å². The van der Waals surface area contributed by atoms with Gasteiger partial charge in [0.2, 0.25) is 0 Å². The number of esters is 1. The van der Waals surface area contributed by atoms with E-state index < -0.39 is 38.5 Å². The van der Waals surface area contributed by atoms with Gasteiger partial charge in [0.25, 0.3) is 26.0 Å². The molecule has 3 heterocycles. The predicted octanol–water partition coefficient (Wildman–Crippen LogP) is 3.20. The highest BCUT2D eigenvalue weighted by Gasteiger charge is 2.27. The molecular weight excluding hydrogens is 575 g/mol. The molecule has 2 aromatic heterocycles. The first-order valence-corrected chi connectivity index (χ1v) is 16.0. The van der Waals surface area contributed by atoms with Crippen molar-refractivity contribution < 1.29 is 35.9 Å². The van der Waals surface area contributed by atoms with Crippen LogP contribution in [-0.4, -0.2) is 65.5 Å². The van der Waals surface area contributed by atoms with Crippen molar-refractivity contribution >= 4 is 66.0 Å². The van der Waals surface area contributed by atoms with E-state index in [1.165, 1.54) is 35.2 Å². The third kappa shape index (κ3) is 6.91. The van der Waals surface area contributed by atoms with Gasteiger partial charge in [-0.3, -0.25) is 14.2 Å². The quantitative estimate of drug-likeness (QED) is 0.356. The SMILES string of the molecule is CC1CN(C(=O)COC(=O)c2cc(NS(=O)(=O)c3cccs3)cc(NS(=O)(=O)c3cccs3)c2)CC(C)O1. The van der Waals surface area contributed by atoms with Crippen molar-refractivity contribution in [2.75, 3.05) is 29.1 Å². The Morgan fingerprint density at radius 2 is 1.42 bits per heavy atom. The molecule has 2 atom stereocenters. The van der Waals surface area contributed by atoms with Gasteiger partial charge in [-0.1, -0.05) is 12.1 Å². The average Bonchev–Trinajstić information content (AvgIpc) is 3.56. The Balaban J connectivity index is 1.57. The molecule has 1 aromatic carbocycles. The molecule has 1 aliphatic rings. The summed E-state index contributed by atoms with van der Waals surface area (Å²) in [6, 6.07) is 9.62. The maximum atomic E-state index is 12.9. The van der Waals surface area contributed by atoms with Gasteiger partial charge in [-0.05, 0) is 54.9 Å². The molecule has 15 heteroatoms. The number of hydrogen-bond acceptors (Lipinski definition) is 10. The van der Waals surface area contributed by atoms with Gasteiger partial charge in [0.1, 0.15) is 8.42 Å². The van der Waals surface area contributed by atoms with Gasteiger partial charge in [0, 0.05) is 13.1 Å². The highest BCUT2D eigenvalue weighted by molar-refractivity contribution is 7.95. The van der Waals surface area contributed by atoms with Gasteiger partial charge in [-0.2, -0.15) is 0 Å². The third-order valence-electron chi connectivity index (χ3n) is 5.29. The Labute approximate surface area is 228 Å². The summed E-state index contributed by atoms with van der Waals surface area (Å²) in [6.45, 7) is 3.84. The van der Waals surface area contributed by atoms with Gasteiger partial charge in [0.15, 0.2) is 6.61 Å². The zero-order valence-corrected chi connectivity index (χ0v) is 23.6. The van der Waals surface area contributed by atoms with Gasteiger partial charge in [0.05, 0.1) is 29.1 Å². The fraction of sp³-hybridized carbons (Fsp3) is 0.304. The molecule has 0 bridgehead atoms.